The number of rotatable bonds is 3. The Bertz CT molecular complexity index is 439. The number of hydrogen-bond donors (Lipinski definition) is 1. The third kappa shape index (κ3) is 2.14. The van der Waals surface area contributed by atoms with Crippen LogP contribution in [0, 0.1) is 5.92 Å². The van der Waals surface area contributed by atoms with E-state index in [4.69, 9.17) is 0 Å². The molecule has 0 amide bonds. The van der Waals surface area contributed by atoms with Crippen LogP contribution in [0.15, 0.2) is 15.5 Å². The molecule has 1 heterocycles. The number of nitrogens with one attached hydrogen (secondary N) is 1. The monoisotopic (exact) mass is 285 g/mol. The van der Waals surface area contributed by atoms with Gasteiger partial charge >= 0.3 is 0 Å². The first-order valence-electron chi connectivity index (χ1n) is 5.58. The van der Waals surface area contributed by atoms with E-state index < -0.39 is 0 Å². The Morgan fingerprint density at radius 3 is 2.88 bits per heavy atom. The number of nitrogens with zero attached hydrogens (tertiary/aromatic N) is 2. The molecule has 1 atom stereocenters. The summed E-state index contributed by atoms with van der Waals surface area (Å²) in [6.07, 6.45) is 5.58. The van der Waals surface area contributed by atoms with E-state index in [-0.39, 0.29) is 5.56 Å². The summed E-state index contributed by atoms with van der Waals surface area (Å²) in [5, 5.41) is 7.36. The van der Waals surface area contributed by atoms with E-state index in [1.54, 1.807) is 13.2 Å². The van der Waals surface area contributed by atoms with E-state index >= 15 is 0 Å². The Kier molecular flexibility index (Phi) is 3.33. The molecule has 0 spiro atoms. The molecule has 0 saturated heterocycles. The van der Waals surface area contributed by atoms with E-state index in [1.165, 1.54) is 23.9 Å². The lowest BCUT2D eigenvalue weighted by Gasteiger charge is -2.32. The smallest absolute Gasteiger partial charge is 0.282 e. The largest absolute Gasteiger partial charge is 0.380 e. The molecule has 0 bridgehead atoms. The van der Waals surface area contributed by atoms with Crippen molar-refractivity contribution in [2.75, 3.05) is 5.32 Å². The van der Waals surface area contributed by atoms with Crippen LogP contribution < -0.4 is 10.9 Å². The van der Waals surface area contributed by atoms with Crippen LogP contribution >= 0.6 is 15.9 Å². The molecule has 1 aliphatic rings. The van der Waals surface area contributed by atoms with Crippen molar-refractivity contribution in [2.45, 2.75) is 32.2 Å². The van der Waals surface area contributed by atoms with Crippen molar-refractivity contribution in [3.05, 3.63) is 21.0 Å². The van der Waals surface area contributed by atoms with Crippen LogP contribution in [0.1, 0.15) is 26.2 Å². The van der Waals surface area contributed by atoms with Crippen LogP contribution in [0.25, 0.3) is 0 Å². The normalized spacial score (nSPS) is 17.9. The quantitative estimate of drug-likeness (QED) is 0.926. The molecule has 1 N–H and O–H groups in total. The molecule has 88 valence electrons. The molecule has 5 heteroatoms. The van der Waals surface area contributed by atoms with Gasteiger partial charge < -0.3 is 5.32 Å². The van der Waals surface area contributed by atoms with E-state index in [1.807, 2.05) is 0 Å². The van der Waals surface area contributed by atoms with Crippen molar-refractivity contribution in [3.63, 3.8) is 0 Å². The molecule has 1 fully saturated rings. The number of aromatic nitrogens is 2. The highest BCUT2D eigenvalue weighted by Crippen LogP contribution is 2.31. The van der Waals surface area contributed by atoms with Crippen molar-refractivity contribution in [1.29, 1.82) is 0 Å². The fourth-order valence-electron chi connectivity index (χ4n) is 1.91. The van der Waals surface area contributed by atoms with E-state index in [0.717, 1.165) is 11.6 Å². The van der Waals surface area contributed by atoms with Crippen LogP contribution in [0.2, 0.25) is 0 Å². The van der Waals surface area contributed by atoms with Crippen molar-refractivity contribution in [3.8, 4) is 0 Å². The zero-order valence-corrected chi connectivity index (χ0v) is 11.1. The molecule has 1 aromatic rings. The summed E-state index contributed by atoms with van der Waals surface area (Å²) in [6.45, 7) is 2.16. The summed E-state index contributed by atoms with van der Waals surface area (Å²) in [6, 6.07) is 0.402. The number of halogens is 1. The van der Waals surface area contributed by atoms with Crippen LogP contribution in [0.4, 0.5) is 5.69 Å². The minimum absolute atomic E-state index is 0.106. The highest BCUT2D eigenvalue weighted by molar-refractivity contribution is 9.10. The highest BCUT2D eigenvalue weighted by Gasteiger charge is 2.24. The predicted octanol–water partition coefficient (Wildman–Crippen LogP) is 2.14. The molecule has 2 rings (SSSR count). The van der Waals surface area contributed by atoms with E-state index in [2.05, 4.69) is 33.3 Å². The number of hydrogen-bond acceptors (Lipinski definition) is 3. The van der Waals surface area contributed by atoms with Gasteiger partial charge in [-0.05, 0) is 41.6 Å². The molecule has 1 aromatic heterocycles. The standard InChI is InChI=1S/C11H16BrN3O/c1-7(8-4-3-5-8)14-9-6-13-15(2)11(16)10(9)12/h6-8,14H,3-5H2,1-2H3. The molecule has 4 nitrogen and oxygen atoms in total. The zero-order valence-electron chi connectivity index (χ0n) is 9.53. The van der Waals surface area contributed by atoms with Crippen LogP contribution in [-0.2, 0) is 7.05 Å². The first-order chi connectivity index (χ1) is 7.59. The Hall–Kier alpha value is -0.840. The molecular weight excluding hydrogens is 270 g/mol. The lowest BCUT2D eigenvalue weighted by molar-refractivity contribution is 0.285. The van der Waals surface area contributed by atoms with Gasteiger partial charge in [-0.1, -0.05) is 6.42 Å². The van der Waals surface area contributed by atoms with E-state index in [0.29, 0.717) is 10.5 Å². The van der Waals surface area contributed by atoms with Gasteiger partial charge in [-0.3, -0.25) is 4.79 Å². The van der Waals surface area contributed by atoms with Crippen LogP contribution in [-0.4, -0.2) is 15.8 Å². The summed E-state index contributed by atoms with van der Waals surface area (Å²) in [5.41, 5.74) is 0.688. The van der Waals surface area contributed by atoms with Gasteiger partial charge in [-0.25, -0.2) is 4.68 Å². The average Bonchev–Trinajstić information content (AvgIpc) is 2.16. The van der Waals surface area contributed by atoms with Crippen LogP contribution in [0.3, 0.4) is 0 Å². The fourth-order valence-corrected chi connectivity index (χ4v) is 2.39. The third-order valence-corrected chi connectivity index (χ3v) is 4.08. The van der Waals surface area contributed by atoms with Crippen molar-refractivity contribution in [2.24, 2.45) is 13.0 Å². The van der Waals surface area contributed by atoms with Gasteiger partial charge in [0.25, 0.3) is 5.56 Å². The van der Waals surface area contributed by atoms with Crippen molar-refractivity contribution < 1.29 is 0 Å². The Labute approximate surface area is 103 Å². The van der Waals surface area contributed by atoms with Crippen LogP contribution in [0.5, 0.6) is 0 Å². The molecule has 1 unspecified atom stereocenters. The highest BCUT2D eigenvalue weighted by atomic mass is 79.9. The van der Waals surface area contributed by atoms with Gasteiger partial charge in [-0.2, -0.15) is 5.10 Å². The van der Waals surface area contributed by atoms with Gasteiger partial charge in [0, 0.05) is 13.1 Å². The van der Waals surface area contributed by atoms with E-state index in [9.17, 15) is 4.79 Å². The van der Waals surface area contributed by atoms with Gasteiger partial charge in [-0.15, -0.1) is 0 Å². The van der Waals surface area contributed by atoms with Gasteiger partial charge in [0.2, 0.25) is 0 Å². The Morgan fingerprint density at radius 1 is 1.62 bits per heavy atom. The maximum Gasteiger partial charge on any atom is 0.282 e. The molecule has 1 aliphatic carbocycles. The van der Waals surface area contributed by atoms with Crippen molar-refractivity contribution in [1.82, 2.24) is 9.78 Å². The maximum absolute atomic E-state index is 11.6. The lowest BCUT2D eigenvalue weighted by atomic mass is 9.80. The minimum Gasteiger partial charge on any atom is -0.380 e. The topological polar surface area (TPSA) is 46.9 Å². The molecular formula is C11H16BrN3O. The second kappa shape index (κ2) is 4.57. The first kappa shape index (κ1) is 11.6. The molecule has 0 aliphatic heterocycles. The second-order valence-electron chi connectivity index (χ2n) is 4.42. The van der Waals surface area contributed by atoms with Gasteiger partial charge in [0.15, 0.2) is 0 Å². The molecule has 0 aromatic carbocycles. The number of anilines is 1. The summed E-state index contributed by atoms with van der Waals surface area (Å²) < 4.78 is 1.89. The molecule has 1 saturated carbocycles. The summed E-state index contributed by atoms with van der Waals surface area (Å²) in [5.74, 6) is 0.732. The lowest BCUT2D eigenvalue weighted by Crippen LogP contribution is -2.32. The SMILES string of the molecule is CC(Nc1cnn(C)c(=O)c1Br)C1CCC1. The summed E-state index contributed by atoms with van der Waals surface area (Å²) in [7, 11) is 1.65. The van der Waals surface area contributed by atoms with Gasteiger partial charge in [0.1, 0.15) is 4.47 Å². The van der Waals surface area contributed by atoms with Crippen molar-refractivity contribution >= 4 is 21.6 Å². The maximum atomic E-state index is 11.6. The third-order valence-electron chi connectivity index (χ3n) is 3.32. The molecule has 16 heavy (non-hydrogen) atoms. The minimum atomic E-state index is -0.106. The van der Waals surface area contributed by atoms with Gasteiger partial charge in [0.05, 0.1) is 11.9 Å². The Morgan fingerprint density at radius 2 is 2.31 bits per heavy atom. The second-order valence-corrected chi connectivity index (χ2v) is 5.22. The first-order valence-corrected chi connectivity index (χ1v) is 6.37. The average molecular weight is 286 g/mol. The summed E-state index contributed by atoms with van der Waals surface area (Å²) in [4.78, 5) is 11.6. The Balaban J connectivity index is 2.15. The predicted molar refractivity (Wildman–Crippen MR) is 67.6 cm³/mol. The summed E-state index contributed by atoms with van der Waals surface area (Å²) >= 11 is 3.31. The number of aryl methyl sites for hydroxylation is 1. The molecule has 0 radical (unpaired) electrons. The zero-order chi connectivity index (χ0) is 11.7. The fraction of sp³-hybridized carbons (Fsp3) is 0.636.